The molecule has 0 aliphatic carbocycles. The van der Waals surface area contributed by atoms with Crippen molar-refractivity contribution in [3.8, 4) is 0 Å². The minimum atomic E-state index is -0.394. The van der Waals surface area contributed by atoms with Gasteiger partial charge in [-0.1, -0.05) is 23.7 Å². The van der Waals surface area contributed by atoms with Crippen LogP contribution in [0.4, 0.5) is 10.5 Å². The summed E-state index contributed by atoms with van der Waals surface area (Å²) in [6.45, 7) is 3.32. The Morgan fingerprint density at radius 3 is 2.59 bits per heavy atom. The van der Waals surface area contributed by atoms with E-state index in [0.717, 1.165) is 23.8 Å². The zero-order valence-electron chi connectivity index (χ0n) is 12.2. The van der Waals surface area contributed by atoms with E-state index in [1.54, 1.807) is 4.90 Å². The molecule has 6 nitrogen and oxygen atoms in total. The summed E-state index contributed by atoms with van der Waals surface area (Å²) < 4.78 is 0. The van der Waals surface area contributed by atoms with Crippen LogP contribution in [0.1, 0.15) is 6.42 Å². The summed E-state index contributed by atoms with van der Waals surface area (Å²) in [7, 11) is 0. The Bertz CT molecular complexity index is 572. The maximum Gasteiger partial charge on any atom is 0.318 e. The molecule has 2 saturated heterocycles. The van der Waals surface area contributed by atoms with Crippen molar-refractivity contribution in [3.63, 3.8) is 0 Å². The normalized spacial score (nSPS) is 21.7. The number of anilines is 1. The quantitative estimate of drug-likeness (QED) is 0.856. The van der Waals surface area contributed by atoms with Gasteiger partial charge in [-0.05, 0) is 18.6 Å². The number of para-hydroxylation sites is 1. The first-order valence-corrected chi connectivity index (χ1v) is 7.85. The highest BCUT2D eigenvalue weighted by molar-refractivity contribution is 6.33. The lowest BCUT2D eigenvalue weighted by Crippen LogP contribution is -2.54. The first kappa shape index (κ1) is 15.0. The Labute approximate surface area is 134 Å². The summed E-state index contributed by atoms with van der Waals surface area (Å²) in [4.78, 5) is 27.6. The molecule has 0 spiro atoms. The molecule has 0 radical (unpaired) electrons. The van der Waals surface area contributed by atoms with Gasteiger partial charge in [0.2, 0.25) is 5.91 Å². The molecule has 1 atom stereocenters. The van der Waals surface area contributed by atoms with Gasteiger partial charge in [-0.25, -0.2) is 4.79 Å². The monoisotopic (exact) mass is 322 g/mol. The maximum absolute atomic E-state index is 12.2. The van der Waals surface area contributed by atoms with Crippen molar-refractivity contribution in [2.45, 2.75) is 12.5 Å². The molecular weight excluding hydrogens is 304 g/mol. The van der Waals surface area contributed by atoms with E-state index in [0.29, 0.717) is 26.1 Å². The van der Waals surface area contributed by atoms with Gasteiger partial charge in [0, 0.05) is 32.7 Å². The van der Waals surface area contributed by atoms with Gasteiger partial charge in [-0.3, -0.25) is 4.79 Å². The lowest BCUT2D eigenvalue weighted by Gasteiger charge is -2.36. The van der Waals surface area contributed by atoms with Crippen molar-refractivity contribution in [1.82, 2.24) is 15.5 Å². The number of hydrogen-bond acceptors (Lipinski definition) is 3. The molecule has 2 aliphatic heterocycles. The highest BCUT2D eigenvalue weighted by atomic mass is 35.5. The number of halogens is 1. The lowest BCUT2D eigenvalue weighted by molar-refractivity contribution is -0.120. The van der Waals surface area contributed by atoms with Gasteiger partial charge in [0.05, 0.1) is 10.7 Å². The SMILES string of the molecule is O=C1NCC[C@H]1NC(=O)N1CCN(c2ccccc2Cl)CC1. The maximum atomic E-state index is 12.2. The molecule has 2 fully saturated rings. The van der Waals surface area contributed by atoms with Crippen LogP contribution in [0.3, 0.4) is 0 Å². The topological polar surface area (TPSA) is 64.7 Å². The number of rotatable bonds is 2. The van der Waals surface area contributed by atoms with Crippen molar-refractivity contribution in [3.05, 3.63) is 29.3 Å². The molecule has 3 rings (SSSR count). The number of carbonyl (C=O) groups is 2. The number of urea groups is 1. The third kappa shape index (κ3) is 3.11. The molecule has 2 N–H and O–H groups in total. The second kappa shape index (κ2) is 6.44. The number of amides is 3. The molecule has 2 heterocycles. The van der Waals surface area contributed by atoms with Crippen molar-refractivity contribution in [1.29, 1.82) is 0 Å². The molecular formula is C15H19ClN4O2. The van der Waals surface area contributed by atoms with Gasteiger partial charge in [0.25, 0.3) is 0 Å². The van der Waals surface area contributed by atoms with E-state index in [-0.39, 0.29) is 11.9 Å². The van der Waals surface area contributed by atoms with Gasteiger partial charge in [0.1, 0.15) is 6.04 Å². The number of hydrogen-bond donors (Lipinski definition) is 2. The van der Waals surface area contributed by atoms with Crippen LogP contribution in [0.5, 0.6) is 0 Å². The minimum absolute atomic E-state index is 0.0944. The van der Waals surface area contributed by atoms with E-state index in [1.165, 1.54) is 0 Å². The molecule has 1 aromatic rings. The molecule has 0 aromatic heterocycles. The number of carbonyl (C=O) groups excluding carboxylic acids is 2. The van der Waals surface area contributed by atoms with Crippen molar-refractivity contribution < 1.29 is 9.59 Å². The Kier molecular flexibility index (Phi) is 4.38. The first-order chi connectivity index (χ1) is 10.6. The summed E-state index contributed by atoms with van der Waals surface area (Å²) in [6.07, 6.45) is 0.657. The van der Waals surface area contributed by atoms with E-state index in [9.17, 15) is 9.59 Å². The van der Waals surface area contributed by atoms with E-state index in [1.807, 2.05) is 24.3 Å². The van der Waals surface area contributed by atoms with Gasteiger partial charge in [-0.2, -0.15) is 0 Å². The van der Waals surface area contributed by atoms with Gasteiger partial charge in [0.15, 0.2) is 0 Å². The van der Waals surface area contributed by atoms with Crippen LogP contribution < -0.4 is 15.5 Å². The Hall–Kier alpha value is -1.95. The first-order valence-electron chi connectivity index (χ1n) is 7.48. The smallest absolute Gasteiger partial charge is 0.318 e. The van der Waals surface area contributed by atoms with Crippen LogP contribution in [0.2, 0.25) is 5.02 Å². The molecule has 1 aromatic carbocycles. The Balaban J connectivity index is 1.54. The van der Waals surface area contributed by atoms with E-state index in [4.69, 9.17) is 11.6 Å². The summed E-state index contributed by atoms with van der Waals surface area (Å²) >= 11 is 6.21. The third-order valence-corrected chi connectivity index (χ3v) is 4.43. The molecule has 7 heteroatoms. The average molecular weight is 323 g/mol. The molecule has 2 aliphatic rings. The molecule has 3 amide bonds. The average Bonchev–Trinajstić information content (AvgIpc) is 2.93. The fraction of sp³-hybridized carbons (Fsp3) is 0.467. The van der Waals surface area contributed by atoms with Crippen LogP contribution in [0.25, 0.3) is 0 Å². The fourth-order valence-electron chi connectivity index (χ4n) is 2.83. The van der Waals surface area contributed by atoms with Crippen molar-refractivity contribution >= 4 is 29.2 Å². The lowest BCUT2D eigenvalue weighted by atomic mass is 10.2. The van der Waals surface area contributed by atoms with E-state index in [2.05, 4.69) is 15.5 Å². The highest BCUT2D eigenvalue weighted by Gasteiger charge is 2.29. The molecule has 22 heavy (non-hydrogen) atoms. The van der Waals surface area contributed by atoms with Crippen molar-refractivity contribution in [2.24, 2.45) is 0 Å². The summed E-state index contributed by atoms with van der Waals surface area (Å²) in [5.74, 6) is -0.0944. The number of nitrogens with one attached hydrogen (secondary N) is 2. The largest absolute Gasteiger partial charge is 0.367 e. The summed E-state index contributed by atoms with van der Waals surface area (Å²) in [5, 5.41) is 6.24. The minimum Gasteiger partial charge on any atom is -0.367 e. The number of piperazine rings is 1. The predicted octanol–water partition coefficient (Wildman–Crippen LogP) is 1.06. The Morgan fingerprint density at radius 1 is 1.23 bits per heavy atom. The molecule has 0 bridgehead atoms. The van der Waals surface area contributed by atoms with Crippen LogP contribution in [-0.4, -0.2) is 55.6 Å². The van der Waals surface area contributed by atoms with E-state index < -0.39 is 6.04 Å². The molecule has 0 unspecified atom stereocenters. The molecule has 118 valence electrons. The van der Waals surface area contributed by atoms with Crippen molar-refractivity contribution in [2.75, 3.05) is 37.6 Å². The van der Waals surface area contributed by atoms with E-state index >= 15 is 0 Å². The summed E-state index contributed by atoms with van der Waals surface area (Å²) in [5.41, 5.74) is 0.999. The number of benzene rings is 1. The van der Waals surface area contributed by atoms with Crippen LogP contribution >= 0.6 is 11.6 Å². The van der Waals surface area contributed by atoms with Gasteiger partial charge in [-0.15, -0.1) is 0 Å². The van der Waals surface area contributed by atoms with Crippen LogP contribution in [0.15, 0.2) is 24.3 Å². The zero-order valence-corrected chi connectivity index (χ0v) is 13.0. The van der Waals surface area contributed by atoms with Crippen LogP contribution in [-0.2, 0) is 4.79 Å². The summed E-state index contributed by atoms with van der Waals surface area (Å²) in [6, 6.07) is 7.16. The van der Waals surface area contributed by atoms with Gasteiger partial charge >= 0.3 is 6.03 Å². The van der Waals surface area contributed by atoms with Gasteiger partial charge < -0.3 is 20.4 Å². The highest BCUT2D eigenvalue weighted by Crippen LogP contribution is 2.26. The second-order valence-corrected chi connectivity index (χ2v) is 5.91. The predicted molar refractivity (Wildman–Crippen MR) is 85.2 cm³/mol. The second-order valence-electron chi connectivity index (χ2n) is 5.51. The Morgan fingerprint density at radius 2 is 1.95 bits per heavy atom. The molecule has 0 saturated carbocycles. The van der Waals surface area contributed by atoms with Crippen LogP contribution in [0, 0.1) is 0 Å². The zero-order chi connectivity index (χ0) is 15.5. The third-order valence-electron chi connectivity index (χ3n) is 4.11. The number of nitrogens with zero attached hydrogens (tertiary/aromatic N) is 2. The fourth-order valence-corrected chi connectivity index (χ4v) is 3.09. The standard InChI is InChI=1S/C15H19ClN4O2/c16-11-3-1-2-4-13(11)19-7-9-20(10-8-19)15(22)18-12-5-6-17-14(12)21/h1-4,12H,5-10H2,(H,17,21)(H,18,22)/t12-/m1/s1.